The number of anilines is 1. The van der Waals surface area contributed by atoms with Crippen LogP contribution in [0.3, 0.4) is 0 Å². The van der Waals surface area contributed by atoms with Gasteiger partial charge in [-0.05, 0) is 37.5 Å². The molecule has 3 amide bonds. The van der Waals surface area contributed by atoms with Crippen molar-refractivity contribution in [1.29, 1.82) is 0 Å². The molecule has 1 aliphatic heterocycles. The van der Waals surface area contributed by atoms with Gasteiger partial charge in [0, 0.05) is 25.8 Å². The predicted molar refractivity (Wildman–Crippen MR) is 118 cm³/mol. The number of piperidine rings is 1. The third kappa shape index (κ3) is 6.07. The van der Waals surface area contributed by atoms with Gasteiger partial charge in [0.25, 0.3) is 5.91 Å². The van der Waals surface area contributed by atoms with Crippen LogP contribution in [0, 0.1) is 5.92 Å². The van der Waals surface area contributed by atoms with Gasteiger partial charge in [0.2, 0.25) is 0 Å². The number of likely N-dealkylation sites (N-methyl/N-ethyl adjacent to an activating group) is 1. The molecule has 164 valence electrons. The first kappa shape index (κ1) is 22.3. The maximum absolute atomic E-state index is 12.4. The van der Waals surface area contributed by atoms with Gasteiger partial charge < -0.3 is 19.9 Å². The minimum atomic E-state index is -0.378. The molecule has 0 saturated carbocycles. The Bertz CT molecular complexity index is 880. The number of esters is 1. The molecule has 1 saturated heterocycles. The summed E-state index contributed by atoms with van der Waals surface area (Å²) in [7, 11) is 1.71. The Labute approximate surface area is 183 Å². The first-order valence-electron chi connectivity index (χ1n) is 10.5. The summed E-state index contributed by atoms with van der Waals surface area (Å²) in [6.07, 6.45) is 1.04. The number of carbonyl (C=O) groups is 3. The van der Waals surface area contributed by atoms with E-state index < -0.39 is 0 Å². The molecule has 1 fully saturated rings. The van der Waals surface area contributed by atoms with E-state index in [0.717, 1.165) is 11.3 Å². The van der Waals surface area contributed by atoms with E-state index in [2.05, 4.69) is 5.32 Å². The van der Waals surface area contributed by atoms with Gasteiger partial charge in [0.05, 0.1) is 12.0 Å². The van der Waals surface area contributed by atoms with Crippen molar-refractivity contribution < 1.29 is 19.1 Å². The molecule has 2 aromatic rings. The minimum absolute atomic E-state index is 0.112. The fourth-order valence-electron chi connectivity index (χ4n) is 3.57. The number of rotatable bonds is 6. The van der Waals surface area contributed by atoms with Gasteiger partial charge in [-0.25, -0.2) is 4.79 Å². The van der Waals surface area contributed by atoms with Crippen molar-refractivity contribution in [2.24, 2.45) is 5.92 Å². The SMILES string of the molecule is C[C@H](c1ccccc1)N(C)C(=O)COC(=O)C1CCN(C(=O)Nc2ccccc2)CC1. The number of para-hydroxylation sites is 1. The molecule has 1 atom stereocenters. The highest BCUT2D eigenvalue weighted by molar-refractivity contribution is 5.89. The molecule has 7 nitrogen and oxygen atoms in total. The van der Waals surface area contributed by atoms with Crippen LogP contribution < -0.4 is 5.32 Å². The molecular weight excluding hydrogens is 394 g/mol. The summed E-state index contributed by atoms with van der Waals surface area (Å²) in [5.41, 5.74) is 1.76. The van der Waals surface area contributed by atoms with E-state index in [1.807, 2.05) is 67.6 Å². The number of nitrogens with zero attached hydrogens (tertiary/aromatic N) is 2. The molecule has 1 N–H and O–H groups in total. The van der Waals surface area contributed by atoms with Crippen LogP contribution in [-0.4, -0.2) is 54.5 Å². The molecule has 2 aromatic carbocycles. The summed E-state index contributed by atoms with van der Waals surface area (Å²) in [5.74, 6) is -0.924. The van der Waals surface area contributed by atoms with Gasteiger partial charge in [-0.15, -0.1) is 0 Å². The number of hydrogen-bond acceptors (Lipinski definition) is 4. The zero-order chi connectivity index (χ0) is 22.2. The Morgan fingerprint density at radius 2 is 1.61 bits per heavy atom. The van der Waals surface area contributed by atoms with E-state index in [1.54, 1.807) is 16.8 Å². The zero-order valence-corrected chi connectivity index (χ0v) is 18.0. The molecule has 3 rings (SSSR count). The number of urea groups is 1. The van der Waals surface area contributed by atoms with Crippen LogP contribution >= 0.6 is 0 Å². The van der Waals surface area contributed by atoms with E-state index >= 15 is 0 Å². The van der Waals surface area contributed by atoms with Crippen LogP contribution in [0.1, 0.15) is 31.4 Å². The summed E-state index contributed by atoms with van der Waals surface area (Å²) in [6.45, 7) is 2.60. The second-order valence-electron chi connectivity index (χ2n) is 7.76. The highest BCUT2D eigenvalue weighted by Gasteiger charge is 2.29. The molecule has 31 heavy (non-hydrogen) atoms. The highest BCUT2D eigenvalue weighted by Crippen LogP contribution is 2.21. The van der Waals surface area contributed by atoms with Crippen LogP contribution in [0.2, 0.25) is 0 Å². The third-order valence-corrected chi connectivity index (χ3v) is 5.73. The first-order chi connectivity index (χ1) is 15.0. The lowest BCUT2D eigenvalue weighted by Crippen LogP contribution is -2.43. The maximum atomic E-state index is 12.4. The zero-order valence-electron chi connectivity index (χ0n) is 18.0. The fraction of sp³-hybridized carbons (Fsp3) is 0.375. The number of benzene rings is 2. The van der Waals surface area contributed by atoms with Crippen LogP contribution in [0.4, 0.5) is 10.5 Å². The van der Waals surface area contributed by atoms with E-state index in [1.165, 1.54) is 0 Å². The van der Waals surface area contributed by atoms with Crippen LogP contribution in [0.25, 0.3) is 0 Å². The van der Waals surface area contributed by atoms with Gasteiger partial charge >= 0.3 is 12.0 Å². The standard InChI is InChI=1S/C24H29N3O4/c1-18(19-9-5-3-6-10-19)26(2)22(28)17-31-23(29)20-13-15-27(16-14-20)24(30)25-21-11-7-4-8-12-21/h3-12,18,20H,13-17H2,1-2H3,(H,25,30)/t18-/m1/s1. The summed E-state index contributed by atoms with van der Waals surface area (Å²) < 4.78 is 5.29. The Morgan fingerprint density at radius 3 is 2.23 bits per heavy atom. The van der Waals surface area contributed by atoms with Crippen molar-refractivity contribution in [3.63, 3.8) is 0 Å². The summed E-state index contributed by atoms with van der Waals surface area (Å²) in [6, 6.07) is 18.7. The van der Waals surface area contributed by atoms with E-state index in [4.69, 9.17) is 4.74 Å². The average Bonchev–Trinajstić information content (AvgIpc) is 2.82. The van der Waals surface area contributed by atoms with E-state index in [9.17, 15) is 14.4 Å². The third-order valence-electron chi connectivity index (χ3n) is 5.73. The summed E-state index contributed by atoms with van der Waals surface area (Å²) in [4.78, 5) is 40.5. The Kier molecular flexibility index (Phi) is 7.65. The number of likely N-dealkylation sites (tertiary alicyclic amines) is 1. The lowest BCUT2D eigenvalue weighted by molar-refractivity contribution is -0.156. The molecule has 1 heterocycles. The number of hydrogen-bond donors (Lipinski definition) is 1. The Balaban J connectivity index is 1.41. The van der Waals surface area contributed by atoms with E-state index in [-0.39, 0.29) is 36.5 Å². The number of amides is 3. The van der Waals surface area contributed by atoms with Gasteiger partial charge in [0.15, 0.2) is 6.61 Å². The monoisotopic (exact) mass is 423 g/mol. The summed E-state index contributed by atoms with van der Waals surface area (Å²) >= 11 is 0. The van der Waals surface area contributed by atoms with Crippen molar-refractivity contribution in [3.05, 3.63) is 66.2 Å². The molecule has 7 heteroatoms. The maximum Gasteiger partial charge on any atom is 0.321 e. The van der Waals surface area contributed by atoms with Gasteiger partial charge in [-0.2, -0.15) is 0 Å². The van der Waals surface area contributed by atoms with Crippen LogP contribution in [-0.2, 0) is 14.3 Å². The topological polar surface area (TPSA) is 79.0 Å². The average molecular weight is 424 g/mol. The molecule has 1 aliphatic rings. The van der Waals surface area contributed by atoms with Gasteiger partial charge in [0.1, 0.15) is 0 Å². The Morgan fingerprint density at radius 1 is 1.03 bits per heavy atom. The molecule has 0 aromatic heterocycles. The molecule has 0 bridgehead atoms. The van der Waals surface area contributed by atoms with Crippen molar-refractivity contribution in [1.82, 2.24) is 9.80 Å². The fourth-order valence-corrected chi connectivity index (χ4v) is 3.57. The van der Waals surface area contributed by atoms with E-state index in [0.29, 0.717) is 25.9 Å². The lowest BCUT2D eigenvalue weighted by atomic mass is 9.97. The molecule has 0 spiro atoms. The lowest BCUT2D eigenvalue weighted by Gasteiger charge is -2.31. The predicted octanol–water partition coefficient (Wildman–Crippen LogP) is 3.69. The molecule has 0 aliphatic carbocycles. The number of ether oxygens (including phenoxy) is 1. The number of carbonyl (C=O) groups excluding carboxylic acids is 3. The van der Waals surface area contributed by atoms with Gasteiger partial charge in [-0.1, -0.05) is 48.5 Å². The summed E-state index contributed by atoms with van der Waals surface area (Å²) in [5, 5.41) is 2.85. The van der Waals surface area contributed by atoms with Gasteiger partial charge in [-0.3, -0.25) is 9.59 Å². The van der Waals surface area contributed by atoms with Crippen LogP contribution in [0.5, 0.6) is 0 Å². The Hall–Kier alpha value is -3.35. The smallest absolute Gasteiger partial charge is 0.321 e. The second-order valence-corrected chi connectivity index (χ2v) is 7.76. The van der Waals surface area contributed by atoms with Crippen molar-refractivity contribution in [2.45, 2.75) is 25.8 Å². The number of nitrogens with one attached hydrogen (secondary N) is 1. The second kappa shape index (κ2) is 10.6. The quantitative estimate of drug-likeness (QED) is 0.719. The van der Waals surface area contributed by atoms with Crippen LogP contribution in [0.15, 0.2) is 60.7 Å². The molecular formula is C24H29N3O4. The minimum Gasteiger partial charge on any atom is -0.455 e. The molecule has 0 unspecified atom stereocenters. The van der Waals surface area contributed by atoms with Crippen molar-refractivity contribution in [2.75, 3.05) is 32.1 Å². The highest BCUT2D eigenvalue weighted by atomic mass is 16.5. The largest absolute Gasteiger partial charge is 0.455 e. The van der Waals surface area contributed by atoms with Crippen molar-refractivity contribution in [3.8, 4) is 0 Å². The molecule has 0 radical (unpaired) electrons. The first-order valence-corrected chi connectivity index (χ1v) is 10.5. The van der Waals surface area contributed by atoms with Crippen molar-refractivity contribution >= 4 is 23.6 Å². The normalized spacial score (nSPS) is 15.1.